The molecule has 0 aromatic heterocycles. The molecule has 1 N–H and O–H groups in total. The largest absolute Gasteiger partial charge is 0.490 e. The van der Waals surface area contributed by atoms with Crippen molar-refractivity contribution in [3.63, 3.8) is 0 Å². The fourth-order valence-corrected chi connectivity index (χ4v) is 0. The number of carbonyl (C=O) groups is 1. The Bertz CT molecular complexity index is 102. The van der Waals surface area contributed by atoms with Gasteiger partial charge in [0.1, 0.15) is 0 Å². The van der Waals surface area contributed by atoms with Crippen LogP contribution in [0.3, 0.4) is 0 Å². The van der Waals surface area contributed by atoms with Crippen LogP contribution in [0, 0.1) is 0 Å². The van der Waals surface area contributed by atoms with E-state index in [1.165, 1.54) is 6.42 Å². The van der Waals surface area contributed by atoms with E-state index < -0.39 is 12.1 Å². The SMILES string of the molecule is CCC.O=C(O)C(F)(F)F.[W]. The Kier molecular flexibility index (Phi) is 12.5. The summed E-state index contributed by atoms with van der Waals surface area (Å²) in [6, 6.07) is 0. The summed E-state index contributed by atoms with van der Waals surface area (Å²) in [5.41, 5.74) is 0. The van der Waals surface area contributed by atoms with Crippen LogP contribution in [0.2, 0.25) is 0 Å². The molecule has 0 radical (unpaired) electrons. The second kappa shape index (κ2) is 8.05. The molecule has 68 valence electrons. The molecule has 6 heteroatoms. The monoisotopic (exact) mass is 342 g/mol. The van der Waals surface area contributed by atoms with Crippen molar-refractivity contribution >= 4 is 5.97 Å². The van der Waals surface area contributed by atoms with Crippen LogP contribution in [0.25, 0.3) is 0 Å². The summed E-state index contributed by atoms with van der Waals surface area (Å²) in [5.74, 6) is -2.76. The fraction of sp³-hybridized carbons (Fsp3) is 0.800. The second-order valence-corrected chi connectivity index (χ2v) is 1.51. The Morgan fingerprint density at radius 1 is 1.36 bits per heavy atom. The normalized spacial score (nSPS) is 8.82. The Morgan fingerprint density at radius 2 is 1.45 bits per heavy atom. The smallest absolute Gasteiger partial charge is 0.475 e. The van der Waals surface area contributed by atoms with E-state index in [1.807, 2.05) is 0 Å². The summed E-state index contributed by atoms with van der Waals surface area (Å²) in [6.07, 6.45) is -3.83. The average molecular weight is 342 g/mol. The van der Waals surface area contributed by atoms with E-state index in [1.54, 1.807) is 0 Å². The number of halogens is 3. The first-order valence-corrected chi connectivity index (χ1v) is 2.66. The molecule has 0 spiro atoms. The molecule has 0 fully saturated rings. The summed E-state index contributed by atoms with van der Waals surface area (Å²) >= 11 is 0. The van der Waals surface area contributed by atoms with Gasteiger partial charge in [0.25, 0.3) is 0 Å². The van der Waals surface area contributed by atoms with Gasteiger partial charge in [0.05, 0.1) is 0 Å². The zero-order valence-corrected chi connectivity index (χ0v) is 9.04. The molecular formula is C5H9F3O2W. The minimum Gasteiger partial charge on any atom is -0.475 e. The maximum absolute atomic E-state index is 10.6. The van der Waals surface area contributed by atoms with Gasteiger partial charge >= 0.3 is 12.1 Å². The molecule has 0 saturated heterocycles. The minimum atomic E-state index is -5.08. The molecule has 0 aliphatic carbocycles. The summed E-state index contributed by atoms with van der Waals surface area (Å²) in [5, 5.41) is 7.12. The second-order valence-electron chi connectivity index (χ2n) is 1.51. The van der Waals surface area contributed by atoms with Crippen molar-refractivity contribution in [3.05, 3.63) is 0 Å². The van der Waals surface area contributed by atoms with E-state index in [9.17, 15) is 13.2 Å². The van der Waals surface area contributed by atoms with E-state index in [4.69, 9.17) is 9.90 Å². The van der Waals surface area contributed by atoms with Crippen molar-refractivity contribution in [1.29, 1.82) is 0 Å². The zero-order chi connectivity index (χ0) is 8.78. The number of hydrogen-bond acceptors (Lipinski definition) is 1. The third kappa shape index (κ3) is 17.8. The Morgan fingerprint density at radius 3 is 1.45 bits per heavy atom. The first kappa shape index (κ1) is 17.2. The molecule has 0 aromatic rings. The maximum atomic E-state index is 10.6. The van der Waals surface area contributed by atoms with Crippen LogP contribution in [0.5, 0.6) is 0 Å². The zero-order valence-electron chi connectivity index (χ0n) is 6.10. The van der Waals surface area contributed by atoms with Crippen LogP contribution in [-0.2, 0) is 25.9 Å². The van der Waals surface area contributed by atoms with Gasteiger partial charge in [-0.25, -0.2) is 4.79 Å². The summed E-state index contributed by atoms with van der Waals surface area (Å²) in [7, 11) is 0. The average Bonchev–Trinajstić information content (AvgIpc) is 1.64. The maximum Gasteiger partial charge on any atom is 0.490 e. The standard InChI is InChI=1S/C3H8.C2HF3O2.W/c1-3-2;3-2(4,5)1(6)7;/h3H2,1-2H3;(H,6,7);. The van der Waals surface area contributed by atoms with Crippen molar-refractivity contribution in [2.45, 2.75) is 26.4 Å². The quantitative estimate of drug-likeness (QED) is 0.732. The topological polar surface area (TPSA) is 37.3 Å². The van der Waals surface area contributed by atoms with Gasteiger partial charge in [0.15, 0.2) is 0 Å². The van der Waals surface area contributed by atoms with Crippen LogP contribution >= 0.6 is 0 Å². The van der Waals surface area contributed by atoms with Crippen LogP contribution in [0.4, 0.5) is 13.2 Å². The van der Waals surface area contributed by atoms with Crippen molar-refractivity contribution in [2.75, 3.05) is 0 Å². The van der Waals surface area contributed by atoms with Crippen LogP contribution in [0.1, 0.15) is 20.3 Å². The molecule has 0 bridgehead atoms. The van der Waals surface area contributed by atoms with Crippen molar-refractivity contribution < 1.29 is 44.1 Å². The van der Waals surface area contributed by atoms with E-state index in [0.717, 1.165) is 0 Å². The molecule has 0 amide bonds. The molecule has 0 aliphatic heterocycles. The van der Waals surface area contributed by atoms with E-state index in [2.05, 4.69) is 13.8 Å². The molecule has 0 aliphatic rings. The third-order valence-corrected chi connectivity index (χ3v) is 0.243. The minimum absolute atomic E-state index is 0. The van der Waals surface area contributed by atoms with Gasteiger partial charge in [0.2, 0.25) is 0 Å². The van der Waals surface area contributed by atoms with Gasteiger partial charge in [-0.05, 0) is 0 Å². The molecule has 0 heterocycles. The predicted molar refractivity (Wildman–Crippen MR) is 29.7 cm³/mol. The number of hydrogen-bond donors (Lipinski definition) is 1. The summed E-state index contributed by atoms with van der Waals surface area (Å²) in [4.78, 5) is 8.90. The van der Waals surface area contributed by atoms with Gasteiger partial charge in [-0.3, -0.25) is 0 Å². The first-order valence-electron chi connectivity index (χ1n) is 2.66. The third-order valence-electron chi connectivity index (χ3n) is 0.243. The summed E-state index contributed by atoms with van der Waals surface area (Å²) in [6.45, 7) is 4.25. The van der Waals surface area contributed by atoms with Crippen molar-refractivity contribution in [1.82, 2.24) is 0 Å². The van der Waals surface area contributed by atoms with E-state index >= 15 is 0 Å². The van der Waals surface area contributed by atoms with Gasteiger partial charge in [0, 0.05) is 21.1 Å². The molecule has 0 atom stereocenters. The van der Waals surface area contributed by atoms with Crippen LogP contribution in [-0.4, -0.2) is 17.3 Å². The number of carboxylic acids is 1. The van der Waals surface area contributed by atoms with Crippen molar-refractivity contribution in [2.24, 2.45) is 0 Å². The number of aliphatic carboxylic acids is 1. The van der Waals surface area contributed by atoms with E-state index in [-0.39, 0.29) is 21.1 Å². The molecule has 0 saturated carbocycles. The van der Waals surface area contributed by atoms with Gasteiger partial charge < -0.3 is 5.11 Å². The van der Waals surface area contributed by atoms with Crippen LogP contribution < -0.4 is 0 Å². The number of alkyl halides is 3. The van der Waals surface area contributed by atoms with Gasteiger partial charge in [-0.15, -0.1) is 0 Å². The predicted octanol–water partition coefficient (Wildman–Crippen LogP) is 2.05. The molecular weight excluding hydrogens is 333 g/mol. The van der Waals surface area contributed by atoms with Crippen LogP contribution in [0.15, 0.2) is 0 Å². The fourth-order valence-electron chi connectivity index (χ4n) is 0. The first-order chi connectivity index (χ1) is 4.36. The number of rotatable bonds is 0. The molecule has 0 aromatic carbocycles. The Labute approximate surface area is 77.0 Å². The number of carboxylic acid groups (broad SMARTS) is 1. The van der Waals surface area contributed by atoms with Crippen molar-refractivity contribution in [3.8, 4) is 0 Å². The van der Waals surface area contributed by atoms with Gasteiger partial charge in [-0.2, -0.15) is 13.2 Å². The summed E-state index contributed by atoms with van der Waals surface area (Å²) < 4.78 is 31.7. The molecule has 0 unspecified atom stereocenters. The van der Waals surface area contributed by atoms with Gasteiger partial charge in [-0.1, -0.05) is 20.3 Å². The molecule has 11 heavy (non-hydrogen) atoms. The van der Waals surface area contributed by atoms with E-state index in [0.29, 0.717) is 0 Å². The Balaban J connectivity index is -0.000000140. The molecule has 2 nitrogen and oxygen atoms in total. The molecule has 0 rings (SSSR count). The Hall–Kier alpha value is -0.0517.